The molecule has 0 amide bonds. The Morgan fingerprint density at radius 3 is 2.62 bits per heavy atom. The number of ether oxygens (including phenoxy) is 4. The molecule has 1 aromatic carbocycles. The first-order chi connectivity index (χ1) is 16.5. The maximum Gasteiger partial charge on any atom is 0.338 e. The average molecular weight is 501 g/mol. The second-order valence-electron chi connectivity index (χ2n) is 7.34. The van der Waals surface area contributed by atoms with Gasteiger partial charge in [-0.15, -0.1) is 11.3 Å². The van der Waals surface area contributed by atoms with Crippen LogP contribution in [-0.2, 0) is 14.3 Å². The van der Waals surface area contributed by atoms with Crippen molar-refractivity contribution in [1.82, 2.24) is 4.57 Å². The van der Waals surface area contributed by atoms with Crippen molar-refractivity contribution >= 4 is 34.7 Å². The van der Waals surface area contributed by atoms with Crippen LogP contribution in [0.3, 0.4) is 0 Å². The van der Waals surface area contributed by atoms with Crippen molar-refractivity contribution in [2.45, 2.75) is 13.0 Å². The van der Waals surface area contributed by atoms with Crippen LogP contribution >= 0.6 is 22.7 Å². The second-order valence-corrected chi connectivity index (χ2v) is 9.33. The lowest BCUT2D eigenvalue weighted by molar-refractivity contribution is -0.140. The van der Waals surface area contributed by atoms with Crippen LogP contribution in [0.5, 0.6) is 11.5 Å². The molecule has 1 atom stereocenters. The highest BCUT2D eigenvalue weighted by Crippen LogP contribution is 2.33. The molecule has 0 fully saturated rings. The molecule has 0 saturated carbocycles. The van der Waals surface area contributed by atoms with E-state index >= 15 is 0 Å². The maximum absolute atomic E-state index is 13.6. The second kappa shape index (κ2) is 10.4. The fraction of sp³-hybridized carbons (Fsp3) is 0.292. The minimum atomic E-state index is -0.612. The van der Waals surface area contributed by atoms with Crippen LogP contribution in [0, 0.1) is 0 Å². The summed E-state index contributed by atoms with van der Waals surface area (Å²) in [4.78, 5) is 32.5. The molecule has 0 aliphatic carbocycles. The number of nitrogens with zero attached hydrogens (tertiary/aromatic N) is 2. The minimum Gasteiger partial charge on any atom is -0.493 e. The fourth-order valence-electron chi connectivity index (χ4n) is 3.69. The molecule has 3 heterocycles. The van der Waals surface area contributed by atoms with Gasteiger partial charge in [0.05, 0.1) is 36.6 Å². The van der Waals surface area contributed by atoms with Crippen molar-refractivity contribution in [2.24, 2.45) is 4.99 Å². The number of allylic oxidation sites excluding steroid dienone is 1. The first-order valence-corrected chi connectivity index (χ1v) is 12.1. The number of fused-ring (bicyclic) bond motifs is 1. The highest BCUT2D eigenvalue weighted by molar-refractivity contribution is 7.10. The number of carbonyl (C=O) groups is 1. The molecule has 10 heteroatoms. The Morgan fingerprint density at radius 2 is 1.94 bits per heavy atom. The Labute approximate surface area is 204 Å². The summed E-state index contributed by atoms with van der Waals surface area (Å²) in [5.74, 6) is 0.661. The first kappa shape index (κ1) is 23.9. The van der Waals surface area contributed by atoms with Gasteiger partial charge in [-0.05, 0) is 42.1 Å². The molecule has 1 aliphatic rings. The molecular formula is C24H24N2O6S2. The van der Waals surface area contributed by atoms with E-state index in [1.165, 1.54) is 29.8 Å². The number of thiophene rings is 1. The summed E-state index contributed by atoms with van der Waals surface area (Å²) in [5.41, 5.74) is 1.43. The molecule has 0 N–H and O–H groups in total. The monoisotopic (exact) mass is 500 g/mol. The molecule has 0 unspecified atom stereocenters. The van der Waals surface area contributed by atoms with Crippen molar-refractivity contribution in [1.29, 1.82) is 0 Å². The molecule has 8 nitrogen and oxygen atoms in total. The molecule has 0 saturated heterocycles. The summed E-state index contributed by atoms with van der Waals surface area (Å²) in [6.07, 6.45) is 1.78. The van der Waals surface area contributed by atoms with E-state index in [0.29, 0.717) is 32.1 Å². The number of carbonyl (C=O) groups excluding carboxylic acids is 1. The zero-order valence-corrected chi connectivity index (χ0v) is 20.8. The largest absolute Gasteiger partial charge is 0.493 e. The number of rotatable bonds is 8. The standard InChI is InChI=1S/C24H24N2O6S2/c1-14-20(23(28)32-10-9-29-2)21(18-6-5-11-33-18)26-22(27)19(34-24(26)25-14)13-15-7-8-16(30-3)17(12-15)31-4/h5-8,11-13,21H,9-10H2,1-4H3/b19-13-/t21-/m1/s1. The number of thiazole rings is 1. The first-order valence-electron chi connectivity index (χ1n) is 10.4. The van der Waals surface area contributed by atoms with Crippen LogP contribution in [0.4, 0.5) is 0 Å². The van der Waals surface area contributed by atoms with E-state index in [1.54, 1.807) is 43.9 Å². The third kappa shape index (κ3) is 4.56. The van der Waals surface area contributed by atoms with E-state index in [1.807, 2.05) is 23.6 Å². The molecule has 1 aliphatic heterocycles. The summed E-state index contributed by atoms with van der Waals surface area (Å²) >= 11 is 2.75. The molecule has 0 bridgehead atoms. The molecule has 4 rings (SSSR count). The van der Waals surface area contributed by atoms with Crippen molar-refractivity contribution in [3.63, 3.8) is 0 Å². The number of benzene rings is 1. The van der Waals surface area contributed by atoms with Crippen molar-refractivity contribution in [3.05, 3.63) is 77.1 Å². The minimum absolute atomic E-state index is 0.118. The van der Waals surface area contributed by atoms with Gasteiger partial charge in [-0.25, -0.2) is 9.79 Å². The number of methoxy groups -OCH3 is 3. The van der Waals surface area contributed by atoms with E-state index in [0.717, 1.165) is 10.4 Å². The Hall–Kier alpha value is -3.21. The summed E-state index contributed by atoms with van der Waals surface area (Å²) in [6, 6.07) is 8.62. The van der Waals surface area contributed by atoms with Gasteiger partial charge in [0, 0.05) is 12.0 Å². The fourth-order valence-corrected chi connectivity index (χ4v) is 5.56. The average Bonchev–Trinajstić information content (AvgIpc) is 3.47. The highest BCUT2D eigenvalue weighted by Gasteiger charge is 2.34. The van der Waals surface area contributed by atoms with E-state index in [-0.39, 0.29) is 18.8 Å². The predicted molar refractivity (Wildman–Crippen MR) is 130 cm³/mol. The van der Waals surface area contributed by atoms with Crippen molar-refractivity contribution in [3.8, 4) is 11.5 Å². The van der Waals surface area contributed by atoms with Crippen molar-refractivity contribution in [2.75, 3.05) is 34.5 Å². The van der Waals surface area contributed by atoms with Crippen LogP contribution in [0.1, 0.15) is 23.4 Å². The summed E-state index contributed by atoms with van der Waals surface area (Å²) in [7, 11) is 4.67. The van der Waals surface area contributed by atoms with Crippen molar-refractivity contribution < 1.29 is 23.7 Å². The maximum atomic E-state index is 13.6. The highest BCUT2D eigenvalue weighted by atomic mass is 32.1. The van der Waals surface area contributed by atoms with E-state index in [9.17, 15) is 9.59 Å². The van der Waals surface area contributed by atoms with Gasteiger partial charge >= 0.3 is 5.97 Å². The van der Waals surface area contributed by atoms with Gasteiger partial charge in [0.25, 0.3) is 5.56 Å². The zero-order chi connectivity index (χ0) is 24.2. The molecule has 2 aromatic heterocycles. The Morgan fingerprint density at radius 1 is 1.15 bits per heavy atom. The topological polar surface area (TPSA) is 88.4 Å². The zero-order valence-electron chi connectivity index (χ0n) is 19.2. The quantitative estimate of drug-likeness (QED) is 0.349. The third-order valence-corrected chi connectivity index (χ3v) is 7.19. The number of hydrogen-bond acceptors (Lipinski definition) is 9. The SMILES string of the molecule is COCCOC(=O)C1=C(C)N=c2s/c(=C\c3ccc(OC)c(OC)c3)c(=O)n2[C@@H]1c1cccs1. The van der Waals surface area contributed by atoms with Gasteiger partial charge in [0.2, 0.25) is 0 Å². The van der Waals surface area contributed by atoms with Crippen LogP contribution in [0.25, 0.3) is 6.08 Å². The summed E-state index contributed by atoms with van der Waals surface area (Å²) in [6.45, 7) is 2.17. The molecule has 3 aromatic rings. The lowest BCUT2D eigenvalue weighted by Crippen LogP contribution is -2.39. The normalized spacial score (nSPS) is 15.6. The third-order valence-electron chi connectivity index (χ3n) is 5.28. The predicted octanol–water partition coefficient (Wildman–Crippen LogP) is 2.50. The van der Waals surface area contributed by atoms with Gasteiger partial charge in [0.15, 0.2) is 16.3 Å². The molecule has 0 radical (unpaired) electrons. The number of esters is 1. The summed E-state index contributed by atoms with van der Waals surface area (Å²) < 4.78 is 23.1. The smallest absolute Gasteiger partial charge is 0.338 e. The summed E-state index contributed by atoms with van der Waals surface area (Å²) in [5, 5.41) is 1.91. The van der Waals surface area contributed by atoms with Gasteiger partial charge in [-0.2, -0.15) is 0 Å². The van der Waals surface area contributed by atoms with Crippen LogP contribution in [0.2, 0.25) is 0 Å². The number of aromatic nitrogens is 1. The lowest BCUT2D eigenvalue weighted by Gasteiger charge is -2.23. The van der Waals surface area contributed by atoms with E-state index < -0.39 is 12.0 Å². The van der Waals surface area contributed by atoms with Crippen LogP contribution in [0.15, 0.2) is 56.8 Å². The number of hydrogen-bond donors (Lipinski definition) is 0. The van der Waals surface area contributed by atoms with Gasteiger partial charge in [-0.1, -0.05) is 23.5 Å². The molecule has 178 valence electrons. The Balaban J connectivity index is 1.83. The van der Waals surface area contributed by atoms with E-state index in [4.69, 9.17) is 18.9 Å². The van der Waals surface area contributed by atoms with E-state index in [2.05, 4.69) is 4.99 Å². The molecular weight excluding hydrogens is 476 g/mol. The van der Waals surface area contributed by atoms with Gasteiger partial charge in [-0.3, -0.25) is 9.36 Å². The van der Waals surface area contributed by atoms with Gasteiger partial charge < -0.3 is 18.9 Å². The van der Waals surface area contributed by atoms with Crippen LogP contribution in [-0.4, -0.2) is 45.1 Å². The van der Waals surface area contributed by atoms with Gasteiger partial charge in [0.1, 0.15) is 12.6 Å². The Kier molecular flexibility index (Phi) is 7.30. The molecule has 0 spiro atoms. The Bertz CT molecular complexity index is 1400. The lowest BCUT2D eigenvalue weighted by atomic mass is 10.0. The van der Waals surface area contributed by atoms with Crippen LogP contribution < -0.4 is 24.4 Å². The molecule has 34 heavy (non-hydrogen) atoms.